The first-order valence-electron chi connectivity index (χ1n) is 9.25. The lowest BCUT2D eigenvalue weighted by molar-refractivity contribution is -0.123. The highest BCUT2D eigenvalue weighted by Crippen LogP contribution is 2.33. The van der Waals surface area contributed by atoms with Crippen molar-refractivity contribution in [2.24, 2.45) is 0 Å². The summed E-state index contributed by atoms with van der Waals surface area (Å²) in [5.41, 5.74) is -0.264. The first-order chi connectivity index (χ1) is 13.2. The van der Waals surface area contributed by atoms with Gasteiger partial charge < -0.3 is 9.26 Å². The highest BCUT2D eigenvalue weighted by Gasteiger charge is 2.38. The van der Waals surface area contributed by atoms with Gasteiger partial charge in [0.15, 0.2) is 0 Å². The molecule has 1 atom stereocenters. The molecule has 0 radical (unpaired) electrons. The topological polar surface area (TPSA) is 95.8 Å². The van der Waals surface area contributed by atoms with Crippen molar-refractivity contribution >= 4 is 17.7 Å². The quantitative estimate of drug-likeness (QED) is 0.799. The van der Waals surface area contributed by atoms with Crippen molar-refractivity contribution in [1.29, 1.82) is 0 Å². The third kappa shape index (κ3) is 3.95. The second-order valence-corrected chi connectivity index (χ2v) is 7.80. The molecule has 1 aliphatic carbocycles. The van der Waals surface area contributed by atoms with E-state index >= 15 is 0 Å². The van der Waals surface area contributed by atoms with Gasteiger partial charge in [-0.1, -0.05) is 18.2 Å². The van der Waals surface area contributed by atoms with Crippen LogP contribution in [-0.4, -0.2) is 34.8 Å². The molecule has 3 rings (SSSR count). The van der Waals surface area contributed by atoms with Crippen molar-refractivity contribution in [3.8, 4) is 0 Å². The first-order valence-corrected chi connectivity index (χ1v) is 9.25. The number of ether oxygens (including phenoxy) is 1. The maximum absolute atomic E-state index is 13.5. The Kier molecular flexibility index (Phi) is 5.31. The summed E-state index contributed by atoms with van der Waals surface area (Å²) < 4.78 is 10.6. The van der Waals surface area contributed by atoms with Crippen LogP contribution in [-0.2, 0) is 16.0 Å². The SMILES string of the molecule is CN(C(=O)OC(C)(C)C)N(C(=O)C1CCCc2o[nH]c(=O)c21)c1ccccc1. The number of para-hydroxylation sites is 1. The number of hydrogen-bond donors (Lipinski definition) is 1. The fourth-order valence-corrected chi connectivity index (χ4v) is 3.32. The second-order valence-electron chi connectivity index (χ2n) is 7.80. The molecule has 1 aromatic carbocycles. The van der Waals surface area contributed by atoms with Crippen LogP contribution in [0.25, 0.3) is 0 Å². The fourth-order valence-electron chi connectivity index (χ4n) is 3.32. The number of carbonyl (C=O) groups is 2. The average molecular weight is 387 g/mol. The highest BCUT2D eigenvalue weighted by molar-refractivity contribution is 5.99. The molecular weight excluding hydrogens is 362 g/mol. The van der Waals surface area contributed by atoms with Gasteiger partial charge in [0.25, 0.3) is 11.5 Å². The molecule has 1 unspecified atom stereocenters. The average Bonchev–Trinajstić information content (AvgIpc) is 3.02. The summed E-state index contributed by atoms with van der Waals surface area (Å²) in [7, 11) is 1.47. The third-order valence-corrected chi connectivity index (χ3v) is 4.52. The number of aryl methyl sites for hydroxylation is 1. The molecule has 1 N–H and O–H groups in total. The van der Waals surface area contributed by atoms with Crippen molar-refractivity contribution in [3.05, 3.63) is 52.0 Å². The molecule has 0 saturated heterocycles. The Morgan fingerprint density at radius 3 is 2.54 bits per heavy atom. The predicted octanol–water partition coefficient (Wildman–Crippen LogP) is 3.20. The van der Waals surface area contributed by atoms with Crippen LogP contribution in [0.2, 0.25) is 0 Å². The molecule has 0 bridgehead atoms. The molecule has 1 heterocycles. The minimum atomic E-state index is -0.712. The number of anilines is 1. The number of fused-ring (bicyclic) bond motifs is 1. The molecular formula is C20H25N3O5. The molecule has 28 heavy (non-hydrogen) atoms. The molecule has 0 saturated carbocycles. The first kappa shape index (κ1) is 19.7. The molecule has 2 aromatic rings. The fraction of sp³-hybridized carbons (Fsp3) is 0.450. The summed E-state index contributed by atoms with van der Waals surface area (Å²) in [5.74, 6) is -0.578. The smallest absolute Gasteiger partial charge is 0.429 e. The Morgan fingerprint density at radius 1 is 1.21 bits per heavy atom. The number of H-pyrrole nitrogens is 1. The number of benzene rings is 1. The minimum Gasteiger partial charge on any atom is -0.442 e. The van der Waals surface area contributed by atoms with Gasteiger partial charge in [-0.15, -0.1) is 0 Å². The van der Waals surface area contributed by atoms with Gasteiger partial charge in [-0.2, -0.15) is 5.16 Å². The van der Waals surface area contributed by atoms with Crippen molar-refractivity contribution in [2.45, 2.75) is 51.6 Å². The summed E-state index contributed by atoms with van der Waals surface area (Å²) >= 11 is 0. The molecule has 8 nitrogen and oxygen atoms in total. The largest absolute Gasteiger partial charge is 0.442 e. The van der Waals surface area contributed by atoms with Gasteiger partial charge in [0.05, 0.1) is 17.2 Å². The van der Waals surface area contributed by atoms with E-state index in [1.807, 2.05) is 6.07 Å². The lowest BCUT2D eigenvalue weighted by atomic mass is 9.86. The molecule has 0 aliphatic heterocycles. The van der Waals surface area contributed by atoms with E-state index in [4.69, 9.17) is 9.26 Å². The number of rotatable bonds is 2. The summed E-state index contributed by atoms with van der Waals surface area (Å²) in [5, 5.41) is 4.73. The number of nitrogens with zero attached hydrogens (tertiary/aromatic N) is 2. The van der Waals surface area contributed by atoms with Crippen LogP contribution in [0.3, 0.4) is 0 Å². The number of nitrogens with one attached hydrogen (secondary N) is 1. The van der Waals surface area contributed by atoms with E-state index in [2.05, 4.69) is 5.16 Å². The van der Waals surface area contributed by atoms with Crippen LogP contribution < -0.4 is 10.6 Å². The van der Waals surface area contributed by atoms with E-state index in [0.29, 0.717) is 36.3 Å². The standard InChI is InChI=1S/C20H25N3O5/c1-20(2,3)27-19(26)22(4)23(13-9-6-5-7-10-13)18(25)14-11-8-12-15-16(14)17(24)21-28-15/h5-7,9-10,14H,8,11-12H2,1-4H3,(H,21,24). The summed E-state index contributed by atoms with van der Waals surface area (Å²) in [6.45, 7) is 5.27. The molecule has 0 fully saturated rings. The molecule has 8 heteroatoms. The zero-order valence-electron chi connectivity index (χ0n) is 16.5. The van der Waals surface area contributed by atoms with Gasteiger partial charge in [0.1, 0.15) is 11.4 Å². The normalized spacial score (nSPS) is 16.2. The van der Waals surface area contributed by atoms with Crippen molar-refractivity contribution < 1.29 is 18.8 Å². The van der Waals surface area contributed by atoms with Crippen LogP contribution in [0.4, 0.5) is 10.5 Å². The number of carbonyl (C=O) groups excluding carboxylic acids is 2. The number of amides is 2. The van der Waals surface area contributed by atoms with Crippen molar-refractivity contribution in [3.63, 3.8) is 0 Å². The van der Waals surface area contributed by atoms with E-state index in [9.17, 15) is 14.4 Å². The van der Waals surface area contributed by atoms with Crippen LogP contribution in [0.5, 0.6) is 0 Å². The van der Waals surface area contributed by atoms with Crippen molar-refractivity contribution in [2.75, 3.05) is 12.1 Å². The summed E-state index contributed by atoms with van der Waals surface area (Å²) in [6.07, 6.45) is 1.15. The van der Waals surface area contributed by atoms with Crippen LogP contribution in [0.15, 0.2) is 39.6 Å². The maximum Gasteiger partial charge on any atom is 0.429 e. The van der Waals surface area contributed by atoms with Gasteiger partial charge >= 0.3 is 6.09 Å². The van der Waals surface area contributed by atoms with Gasteiger partial charge in [-0.05, 0) is 45.7 Å². The number of hydrazine groups is 1. The van der Waals surface area contributed by atoms with E-state index in [-0.39, 0.29) is 5.91 Å². The van der Waals surface area contributed by atoms with Gasteiger partial charge in [-0.25, -0.2) is 14.8 Å². The lowest BCUT2D eigenvalue weighted by Crippen LogP contribution is -2.51. The van der Waals surface area contributed by atoms with Crippen LogP contribution in [0.1, 0.15) is 50.9 Å². The summed E-state index contributed by atoms with van der Waals surface area (Å²) in [4.78, 5) is 38.4. The Labute approximate surface area is 163 Å². The van der Waals surface area contributed by atoms with Gasteiger partial charge in [0, 0.05) is 13.5 Å². The van der Waals surface area contributed by atoms with Crippen LogP contribution >= 0.6 is 0 Å². The van der Waals surface area contributed by atoms with Crippen LogP contribution in [0, 0.1) is 0 Å². The third-order valence-electron chi connectivity index (χ3n) is 4.52. The molecule has 2 amide bonds. The highest BCUT2D eigenvalue weighted by atomic mass is 16.6. The number of aromatic amines is 1. The second kappa shape index (κ2) is 7.53. The van der Waals surface area contributed by atoms with E-state index in [0.717, 1.165) is 5.01 Å². The maximum atomic E-state index is 13.5. The Bertz CT molecular complexity index is 910. The minimum absolute atomic E-state index is 0.342. The monoisotopic (exact) mass is 387 g/mol. The number of aromatic nitrogens is 1. The zero-order valence-corrected chi connectivity index (χ0v) is 16.5. The Balaban J connectivity index is 1.98. The summed E-state index contributed by atoms with van der Waals surface area (Å²) in [6, 6.07) is 8.81. The zero-order chi connectivity index (χ0) is 20.5. The van der Waals surface area contributed by atoms with E-state index < -0.39 is 23.2 Å². The number of hydrogen-bond acceptors (Lipinski definition) is 5. The molecule has 1 aliphatic rings. The molecule has 150 valence electrons. The molecule has 1 aromatic heterocycles. The van der Waals surface area contributed by atoms with E-state index in [1.54, 1.807) is 45.0 Å². The predicted molar refractivity (Wildman–Crippen MR) is 103 cm³/mol. The van der Waals surface area contributed by atoms with Crippen molar-refractivity contribution in [1.82, 2.24) is 10.2 Å². The molecule has 0 spiro atoms. The van der Waals surface area contributed by atoms with Gasteiger partial charge in [-0.3, -0.25) is 9.59 Å². The lowest BCUT2D eigenvalue weighted by Gasteiger charge is -2.35. The Hall–Kier alpha value is -3.03. The Morgan fingerprint density at radius 2 is 1.89 bits per heavy atom. The van der Waals surface area contributed by atoms with Gasteiger partial charge in [0.2, 0.25) is 0 Å². The van der Waals surface area contributed by atoms with E-state index in [1.165, 1.54) is 12.1 Å².